The van der Waals surface area contributed by atoms with Crippen LogP contribution in [0.2, 0.25) is 0 Å². The van der Waals surface area contributed by atoms with E-state index < -0.39 is 5.97 Å². The highest BCUT2D eigenvalue weighted by Gasteiger charge is 2.23. The van der Waals surface area contributed by atoms with E-state index in [1.54, 1.807) is 19.1 Å². The number of hydrogen-bond acceptors (Lipinski definition) is 5. The fourth-order valence-corrected chi connectivity index (χ4v) is 2.93. The first kappa shape index (κ1) is 19.5. The highest BCUT2D eigenvalue weighted by Crippen LogP contribution is 2.25. The Morgan fingerprint density at radius 2 is 1.75 bits per heavy atom. The van der Waals surface area contributed by atoms with Crippen LogP contribution in [0.15, 0.2) is 59.1 Å². The van der Waals surface area contributed by atoms with E-state index in [-0.39, 0.29) is 18.0 Å². The number of carbonyl (C=O) groups is 2. The third-order valence-electron chi connectivity index (χ3n) is 4.54. The van der Waals surface area contributed by atoms with Gasteiger partial charge in [-0.3, -0.25) is 4.79 Å². The van der Waals surface area contributed by atoms with Gasteiger partial charge in [0.2, 0.25) is 0 Å². The molecule has 0 radical (unpaired) electrons. The highest BCUT2D eigenvalue weighted by molar-refractivity contribution is 6.01. The van der Waals surface area contributed by atoms with Gasteiger partial charge < -0.3 is 9.26 Å². The smallest absolute Gasteiger partial charge is 0.344 e. The second kappa shape index (κ2) is 9.13. The van der Waals surface area contributed by atoms with E-state index >= 15 is 0 Å². The summed E-state index contributed by atoms with van der Waals surface area (Å²) < 4.78 is 10.4. The summed E-state index contributed by atoms with van der Waals surface area (Å²) in [6.45, 7) is 3.46. The van der Waals surface area contributed by atoms with Crippen LogP contribution in [0.1, 0.15) is 51.8 Å². The Morgan fingerprint density at radius 1 is 1.04 bits per heavy atom. The van der Waals surface area contributed by atoms with E-state index in [4.69, 9.17) is 9.26 Å². The summed E-state index contributed by atoms with van der Waals surface area (Å²) in [5.74, 6) is -0.507. The monoisotopic (exact) mass is 377 g/mol. The molecule has 28 heavy (non-hydrogen) atoms. The van der Waals surface area contributed by atoms with Crippen molar-refractivity contribution in [2.45, 2.75) is 33.1 Å². The van der Waals surface area contributed by atoms with Crippen molar-refractivity contribution >= 4 is 11.8 Å². The molecule has 1 aromatic heterocycles. The number of Topliss-reactive ketones (excluding diaryl/α,β-unsaturated/α-hetero) is 1. The van der Waals surface area contributed by atoms with Gasteiger partial charge in [0, 0.05) is 11.1 Å². The van der Waals surface area contributed by atoms with Crippen LogP contribution in [-0.4, -0.2) is 23.5 Å². The molecule has 0 aliphatic heterocycles. The summed E-state index contributed by atoms with van der Waals surface area (Å²) in [7, 11) is 0. The van der Waals surface area contributed by atoms with Crippen molar-refractivity contribution in [1.29, 1.82) is 0 Å². The van der Waals surface area contributed by atoms with Crippen molar-refractivity contribution in [1.82, 2.24) is 5.16 Å². The van der Waals surface area contributed by atoms with Gasteiger partial charge in [0.15, 0.2) is 12.4 Å². The van der Waals surface area contributed by atoms with Crippen molar-refractivity contribution in [3.05, 3.63) is 77.0 Å². The molecule has 0 saturated heterocycles. The molecule has 1 heterocycles. The SMILES string of the molecule is CCCCc1ccc(C(=O)COC(=O)c2c(-c3ccccc3)noc2C)cc1. The van der Waals surface area contributed by atoms with Gasteiger partial charge in [0.1, 0.15) is 17.0 Å². The molecule has 3 aromatic rings. The Balaban J connectivity index is 1.66. The third kappa shape index (κ3) is 4.55. The van der Waals surface area contributed by atoms with E-state index in [1.165, 1.54) is 5.56 Å². The van der Waals surface area contributed by atoms with Gasteiger partial charge in [0.05, 0.1) is 0 Å². The molecular weight excluding hydrogens is 354 g/mol. The lowest BCUT2D eigenvalue weighted by Gasteiger charge is -2.06. The maximum atomic E-state index is 12.6. The van der Waals surface area contributed by atoms with Gasteiger partial charge in [-0.25, -0.2) is 4.79 Å². The van der Waals surface area contributed by atoms with E-state index in [1.807, 2.05) is 42.5 Å². The maximum absolute atomic E-state index is 12.6. The first-order valence-electron chi connectivity index (χ1n) is 9.41. The Labute approximate surface area is 164 Å². The molecule has 0 spiro atoms. The number of esters is 1. The summed E-state index contributed by atoms with van der Waals surface area (Å²) in [6, 6.07) is 16.7. The molecule has 0 saturated carbocycles. The molecule has 3 rings (SSSR count). The van der Waals surface area contributed by atoms with Gasteiger partial charge in [-0.1, -0.05) is 73.1 Å². The zero-order valence-corrected chi connectivity index (χ0v) is 16.1. The number of nitrogens with zero attached hydrogens (tertiary/aromatic N) is 1. The van der Waals surface area contributed by atoms with Crippen molar-refractivity contribution in [3.63, 3.8) is 0 Å². The summed E-state index contributed by atoms with van der Waals surface area (Å²) in [5, 5.41) is 3.97. The predicted octanol–water partition coefficient (Wildman–Crippen LogP) is 5.03. The minimum Gasteiger partial charge on any atom is -0.454 e. The highest BCUT2D eigenvalue weighted by atomic mass is 16.5. The minimum atomic E-state index is -0.620. The summed E-state index contributed by atoms with van der Waals surface area (Å²) in [4.78, 5) is 24.9. The van der Waals surface area contributed by atoms with Crippen LogP contribution in [0.5, 0.6) is 0 Å². The Morgan fingerprint density at radius 3 is 2.43 bits per heavy atom. The number of hydrogen-bond donors (Lipinski definition) is 0. The van der Waals surface area contributed by atoms with Crippen LogP contribution in [-0.2, 0) is 11.2 Å². The normalized spacial score (nSPS) is 10.6. The fourth-order valence-electron chi connectivity index (χ4n) is 2.93. The van der Waals surface area contributed by atoms with E-state index in [0.29, 0.717) is 17.0 Å². The van der Waals surface area contributed by atoms with Crippen LogP contribution in [0.4, 0.5) is 0 Å². The van der Waals surface area contributed by atoms with Crippen molar-refractivity contribution in [3.8, 4) is 11.3 Å². The molecule has 5 nitrogen and oxygen atoms in total. The van der Waals surface area contributed by atoms with Crippen LogP contribution in [0.3, 0.4) is 0 Å². The van der Waals surface area contributed by atoms with Gasteiger partial charge in [-0.05, 0) is 25.3 Å². The molecule has 0 bridgehead atoms. The molecule has 0 aliphatic rings. The molecular formula is C23H23NO4. The average molecular weight is 377 g/mol. The van der Waals surface area contributed by atoms with Crippen LogP contribution in [0, 0.1) is 6.92 Å². The number of carbonyl (C=O) groups excluding carboxylic acids is 2. The topological polar surface area (TPSA) is 69.4 Å². The number of rotatable bonds is 8. The lowest BCUT2D eigenvalue weighted by atomic mass is 10.0. The first-order chi connectivity index (χ1) is 13.6. The molecule has 0 atom stereocenters. The summed E-state index contributed by atoms with van der Waals surface area (Å²) in [5.41, 5.74) is 3.13. The fraction of sp³-hybridized carbons (Fsp3) is 0.261. The molecule has 5 heteroatoms. The van der Waals surface area contributed by atoms with Crippen molar-refractivity contribution in [2.24, 2.45) is 0 Å². The number of ketones is 1. The Hall–Kier alpha value is -3.21. The molecule has 0 fully saturated rings. The predicted molar refractivity (Wildman–Crippen MR) is 106 cm³/mol. The summed E-state index contributed by atoms with van der Waals surface area (Å²) in [6.07, 6.45) is 3.24. The van der Waals surface area contributed by atoms with Gasteiger partial charge in [-0.15, -0.1) is 0 Å². The molecule has 0 N–H and O–H groups in total. The Kier molecular flexibility index (Phi) is 6.37. The zero-order chi connectivity index (χ0) is 19.9. The quantitative estimate of drug-likeness (QED) is 0.407. The first-order valence-corrected chi connectivity index (χ1v) is 9.41. The third-order valence-corrected chi connectivity index (χ3v) is 4.54. The summed E-state index contributed by atoms with van der Waals surface area (Å²) >= 11 is 0. The van der Waals surface area contributed by atoms with Crippen LogP contribution in [0.25, 0.3) is 11.3 Å². The van der Waals surface area contributed by atoms with Crippen molar-refractivity contribution in [2.75, 3.05) is 6.61 Å². The van der Waals surface area contributed by atoms with E-state index in [9.17, 15) is 9.59 Å². The molecule has 0 amide bonds. The second-order valence-corrected chi connectivity index (χ2v) is 6.63. The largest absolute Gasteiger partial charge is 0.454 e. The van der Waals surface area contributed by atoms with Crippen LogP contribution >= 0.6 is 0 Å². The van der Waals surface area contributed by atoms with Gasteiger partial charge >= 0.3 is 5.97 Å². The van der Waals surface area contributed by atoms with Gasteiger partial charge in [-0.2, -0.15) is 0 Å². The number of benzene rings is 2. The van der Waals surface area contributed by atoms with Crippen LogP contribution < -0.4 is 0 Å². The second-order valence-electron chi connectivity index (χ2n) is 6.63. The number of aromatic nitrogens is 1. The maximum Gasteiger partial charge on any atom is 0.344 e. The molecule has 144 valence electrons. The van der Waals surface area contributed by atoms with Crippen molar-refractivity contribution < 1.29 is 18.8 Å². The minimum absolute atomic E-state index is 0.244. The molecule has 0 aliphatic carbocycles. The lowest BCUT2D eigenvalue weighted by molar-refractivity contribution is 0.0473. The van der Waals surface area contributed by atoms with E-state index in [0.717, 1.165) is 24.8 Å². The zero-order valence-electron chi connectivity index (χ0n) is 16.1. The van der Waals surface area contributed by atoms with Gasteiger partial charge in [0.25, 0.3) is 0 Å². The molecule has 0 unspecified atom stereocenters. The standard InChI is InChI=1S/C23H23NO4/c1-3-4-8-17-11-13-18(14-12-17)20(25)15-27-23(26)21-16(2)28-24-22(21)19-9-6-5-7-10-19/h5-7,9-14H,3-4,8,15H2,1-2H3. The lowest BCUT2D eigenvalue weighted by Crippen LogP contribution is -2.15. The average Bonchev–Trinajstić information content (AvgIpc) is 3.12. The van der Waals surface area contributed by atoms with E-state index in [2.05, 4.69) is 12.1 Å². The molecule has 2 aromatic carbocycles. The number of ether oxygens (including phenoxy) is 1. The number of unbranched alkanes of at least 4 members (excludes halogenated alkanes) is 1. The number of aryl methyl sites for hydroxylation is 2. The Bertz CT molecular complexity index is 942.